The van der Waals surface area contributed by atoms with Crippen molar-refractivity contribution in [3.8, 4) is 0 Å². The number of hydrogen-bond donors (Lipinski definition) is 0. The molecule has 0 bridgehead atoms. The van der Waals surface area contributed by atoms with E-state index in [0.717, 1.165) is 6.42 Å². The standard InChI is InChI=1S/C16H19N5O4S/c1-16(2,3)25-15(22)19-8-4-5-12(19)14(26)20-13-9-10(21(23)24)6-7-11(13)17-18-20/h6-7,9,12H,4-5,8H2,1-3H3/t12-/m1/s1. The third-order valence-electron chi connectivity index (χ3n) is 4.01. The Labute approximate surface area is 155 Å². The number of benzene rings is 1. The van der Waals surface area contributed by atoms with Crippen LogP contribution < -0.4 is 0 Å². The summed E-state index contributed by atoms with van der Waals surface area (Å²) in [6, 6.07) is 3.91. The fraction of sp³-hybridized carbons (Fsp3) is 0.500. The molecule has 1 saturated heterocycles. The predicted octanol–water partition coefficient (Wildman–Crippen LogP) is 2.91. The molecule has 1 amide bonds. The van der Waals surface area contributed by atoms with Gasteiger partial charge in [0.25, 0.3) is 5.69 Å². The van der Waals surface area contributed by atoms with Crippen LogP contribution in [-0.2, 0) is 4.74 Å². The Morgan fingerprint density at radius 2 is 2.15 bits per heavy atom. The Morgan fingerprint density at radius 3 is 2.81 bits per heavy atom. The van der Waals surface area contributed by atoms with Gasteiger partial charge in [-0.05, 0) is 39.7 Å². The molecule has 2 aromatic rings. The lowest BCUT2D eigenvalue weighted by molar-refractivity contribution is -0.384. The summed E-state index contributed by atoms with van der Waals surface area (Å²) in [6.07, 6.45) is 1.03. The van der Waals surface area contributed by atoms with Crippen molar-refractivity contribution in [2.75, 3.05) is 6.54 Å². The van der Waals surface area contributed by atoms with E-state index in [-0.39, 0.29) is 11.7 Å². The van der Waals surface area contributed by atoms with Gasteiger partial charge in [0.05, 0.1) is 11.0 Å². The molecule has 0 N–H and O–H groups in total. The number of aromatic nitrogens is 3. The minimum atomic E-state index is -0.605. The summed E-state index contributed by atoms with van der Waals surface area (Å²) in [4.78, 5) is 25.0. The van der Waals surface area contributed by atoms with E-state index in [9.17, 15) is 14.9 Å². The highest BCUT2D eigenvalue weighted by Crippen LogP contribution is 2.25. The number of rotatable bonds is 2. The lowest BCUT2D eigenvalue weighted by Gasteiger charge is -2.28. The molecule has 0 spiro atoms. The van der Waals surface area contributed by atoms with E-state index in [0.29, 0.717) is 29.0 Å². The van der Waals surface area contributed by atoms with Gasteiger partial charge in [-0.3, -0.25) is 15.0 Å². The van der Waals surface area contributed by atoms with Gasteiger partial charge in [0.1, 0.15) is 21.6 Å². The van der Waals surface area contributed by atoms with Gasteiger partial charge in [-0.1, -0.05) is 17.4 Å². The van der Waals surface area contributed by atoms with Crippen LogP contribution >= 0.6 is 12.2 Å². The fourth-order valence-corrected chi connectivity index (χ4v) is 3.27. The lowest BCUT2D eigenvalue weighted by atomic mass is 10.2. The minimum Gasteiger partial charge on any atom is -0.444 e. The molecule has 1 aromatic carbocycles. The smallest absolute Gasteiger partial charge is 0.410 e. The molecule has 0 radical (unpaired) electrons. The van der Waals surface area contributed by atoms with Gasteiger partial charge in [-0.15, -0.1) is 5.10 Å². The van der Waals surface area contributed by atoms with Crippen LogP contribution in [0.15, 0.2) is 18.2 Å². The number of carbonyl (C=O) groups is 1. The number of nitrogens with zero attached hydrogens (tertiary/aromatic N) is 5. The van der Waals surface area contributed by atoms with Crippen LogP contribution in [0.5, 0.6) is 0 Å². The van der Waals surface area contributed by atoms with Crippen molar-refractivity contribution in [1.29, 1.82) is 0 Å². The maximum absolute atomic E-state index is 12.5. The number of carbonyl (C=O) groups excluding carboxylic acids is 1. The predicted molar refractivity (Wildman–Crippen MR) is 98.1 cm³/mol. The molecule has 26 heavy (non-hydrogen) atoms. The molecular formula is C16H19N5O4S. The van der Waals surface area contributed by atoms with E-state index < -0.39 is 16.6 Å². The van der Waals surface area contributed by atoms with Gasteiger partial charge in [-0.2, -0.15) is 0 Å². The first kappa shape index (κ1) is 18.2. The molecule has 0 unspecified atom stereocenters. The average molecular weight is 377 g/mol. The van der Waals surface area contributed by atoms with Crippen molar-refractivity contribution >= 4 is 40.0 Å². The number of fused-ring (bicyclic) bond motifs is 1. The minimum absolute atomic E-state index is 0.0701. The van der Waals surface area contributed by atoms with Crippen molar-refractivity contribution in [3.05, 3.63) is 28.3 Å². The maximum Gasteiger partial charge on any atom is 0.410 e. The first-order valence-corrected chi connectivity index (χ1v) is 8.62. The topological polar surface area (TPSA) is 103 Å². The van der Waals surface area contributed by atoms with Crippen molar-refractivity contribution < 1.29 is 14.5 Å². The van der Waals surface area contributed by atoms with Crippen LogP contribution in [0, 0.1) is 10.1 Å². The third-order valence-corrected chi connectivity index (χ3v) is 4.46. The number of ether oxygens (including phenoxy) is 1. The monoisotopic (exact) mass is 377 g/mol. The first-order valence-electron chi connectivity index (χ1n) is 8.21. The molecule has 3 rings (SSSR count). The Bertz CT molecular complexity index is 888. The molecule has 2 heterocycles. The highest BCUT2D eigenvalue weighted by molar-refractivity contribution is 7.80. The van der Waals surface area contributed by atoms with Gasteiger partial charge in [0, 0.05) is 18.7 Å². The van der Waals surface area contributed by atoms with Crippen LogP contribution in [0.3, 0.4) is 0 Å². The van der Waals surface area contributed by atoms with E-state index >= 15 is 0 Å². The molecular weight excluding hydrogens is 358 g/mol. The van der Waals surface area contributed by atoms with Gasteiger partial charge in [0.15, 0.2) is 0 Å². The maximum atomic E-state index is 12.5. The zero-order valence-corrected chi connectivity index (χ0v) is 15.5. The molecule has 1 aliphatic heterocycles. The molecule has 10 heteroatoms. The van der Waals surface area contributed by atoms with E-state index in [1.165, 1.54) is 22.9 Å². The van der Waals surface area contributed by atoms with Crippen LogP contribution in [-0.4, -0.2) is 54.1 Å². The average Bonchev–Trinajstić information content (AvgIpc) is 3.19. The van der Waals surface area contributed by atoms with Crippen LogP contribution in [0.2, 0.25) is 0 Å². The molecule has 0 saturated carbocycles. The SMILES string of the molecule is CC(C)(C)OC(=O)N1CCC[C@@H]1C(=S)n1nnc2ccc([N+](=O)[O-])cc21. The Kier molecular flexibility index (Phi) is 4.61. The van der Waals surface area contributed by atoms with E-state index in [4.69, 9.17) is 17.0 Å². The zero-order chi connectivity index (χ0) is 19.1. The van der Waals surface area contributed by atoms with E-state index in [1.807, 2.05) is 0 Å². The van der Waals surface area contributed by atoms with Crippen molar-refractivity contribution in [3.63, 3.8) is 0 Å². The summed E-state index contributed by atoms with van der Waals surface area (Å²) < 4.78 is 6.84. The van der Waals surface area contributed by atoms with E-state index in [2.05, 4.69) is 10.3 Å². The second-order valence-corrected chi connectivity index (χ2v) is 7.52. The van der Waals surface area contributed by atoms with Crippen molar-refractivity contribution in [2.24, 2.45) is 0 Å². The number of hydrogen-bond acceptors (Lipinski definition) is 7. The first-order chi connectivity index (χ1) is 12.2. The van der Waals surface area contributed by atoms with E-state index in [1.54, 1.807) is 25.7 Å². The largest absolute Gasteiger partial charge is 0.444 e. The summed E-state index contributed by atoms with van der Waals surface area (Å²) >= 11 is 5.55. The van der Waals surface area contributed by atoms with Crippen molar-refractivity contribution in [1.82, 2.24) is 19.9 Å². The Morgan fingerprint density at radius 1 is 1.42 bits per heavy atom. The van der Waals surface area contributed by atoms with Crippen LogP contribution in [0.25, 0.3) is 11.0 Å². The normalized spacial score (nSPS) is 17.5. The summed E-state index contributed by atoms with van der Waals surface area (Å²) in [7, 11) is 0. The summed E-state index contributed by atoms with van der Waals surface area (Å²) in [6.45, 7) is 5.95. The van der Waals surface area contributed by atoms with Gasteiger partial charge in [-0.25, -0.2) is 9.48 Å². The molecule has 1 aromatic heterocycles. The molecule has 9 nitrogen and oxygen atoms in total. The van der Waals surface area contributed by atoms with Gasteiger partial charge >= 0.3 is 6.09 Å². The summed E-state index contributed by atoms with van der Waals surface area (Å²) in [5, 5.41) is 19.1. The number of likely N-dealkylation sites (tertiary alicyclic amines) is 1. The van der Waals surface area contributed by atoms with Crippen LogP contribution in [0.4, 0.5) is 10.5 Å². The second-order valence-electron chi connectivity index (χ2n) is 7.10. The number of nitro benzene ring substituents is 1. The molecule has 0 aliphatic carbocycles. The Hall–Kier alpha value is -2.62. The molecule has 1 atom stereocenters. The molecule has 138 valence electrons. The highest BCUT2D eigenvalue weighted by atomic mass is 32.1. The quantitative estimate of drug-likeness (QED) is 0.450. The number of non-ortho nitro benzene ring substituents is 1. The Balaban J connectivity index is 1.91. The van der Waals surface area contributed by atoms with Crippen molar-refractivity contribution in [2.45, 2.75) is 45.3 Å². The number of thiocarbonyl (C=S) groups is 1. The zero-order valence-electron chi connectivity index (χ0n) is 14.7. The fourth-order valence-electron chi connectivity index (χ4n) is 2.89. The summed E-state index contributed by atoms with van der Waals surface area (Å²) in [5.41, 5.74) is 0.270. The number of amides is 1. The lowest BCUT2D eigenvalue weighted by Crippen LogP contribution is -2.44. The van der Waals surface area contributed by atoms with Crippen LogP contribution in [0.1, 0.15) is 33.6 Å². The third kappa shape index (κ3) is 3.50. The molecule has 1 aliphatic rings. The van der Waals surface area contributed by atoms with Gasteiger partial charge < -0.3 is 4.74 Å². The summed E-state index contributed by atoms with van der Waals surface area (Å²) in [5.74, 6) is 0. The number of nitro groups is 1. The second kappa shape index (κ2) is 6.60. The van der Waals surface area contributed by atoms with Gasteiger partial charge in [0.2, 0.25) is 0 Å². The highest BCUT2D eigenvalue weighted by Gasteiger charge is 2.36. The molecule has 1 fully saturated rings.